The zero-order valence-electron chi connectivity index (χ0n) is 14.5. The average Bonchev–Trinajstić information content (AvgIpc) is 2.67. The van der Waals surface area contributed by atoms with Crippen molar-refractivity contribution in [2.75, 3.05) is 12.4 Å². The number of methoxy groups -OCH3 is 1. The van der Waals surface area contributed by atoms with Gasteiger partial charge in [0.2, 0.25) is 0 Å². The zero-order chi connectivity index (χ0) is 20.3. The molecule has 0 bridgehead atoms. The van der Waals surface area contributed by atoms with Gasteiger partial charge in [-0.05, 0) is 54.6 Å². The Labute approximate surface area is 163 Å². The monoisotopic (exact) mass is 406 g/mol. The van der Waals surface area contributed by atoms with Gasteiger partial charge in [-0.15, -0.1) is 0 Å². The average molecular weight is 407 g/mol. The number of carbonyl (C=O) groups excluding carboxylic acids is 1. The van der Waals surface area contributed by atoms with E-state index in [1.54, 1.807) is 30.3 Å². The van der Waals surface area contributed by atoms with Gasteiger partial charge in [-0.2, -0.15) is 13.2 Å². The molecule has 3 aromatic rings. The van der Waals surface area contributed by atoms with Crippen LogP contribution in [0.5, 0.6) is 0 Å². The second-order valence-corrected chi connectivity index (χ2v) is 6.25. The zero-order valence-corrected chi connectivity index (χ0v) is 15.3. The molecule has 0 unspecified atom stereocenters. The molecule has 0 atom stereocenters. The fourth-order valence-corrected chi connectivity index (χ4v) is 2.72. The van der Waals surface area contributed by atoms with Crippen molar-refractivity contribution in [2.45, 2.75) is 6.18 Å². The minimum Gasteiger partial charge on any atom is -0.465 e. The third-order valence-corrected chi connectivity index (χ3v) is 4.16. The summed E-state index contributed by atoms with van der Waals surface area (Å²) in [6, 6.07) is 12.6. The van der Waals surface area contributed by atoms with Crippen LogP contribution in [-0.2, 0) is 10.9 Å². The molecule has 1 heterocycles. The molecule has 144 valence electrons. The summed E-state index contributed by atoms with van der Waals surface area (Å²) >= 11 is 6.04. The highest BCUT2D eigenvalue weighted by Crippen LogP contribution is 2.33. The Bertz CT molecular complexity index is 1010. The van der Waals surface area contributed by atoms with E-state index in [2.05, 4.69) is 10.3 Å². The van der Waals surface area contributed by atoms with E-state index >= 15 is 0 Å². The van der Waals surface area contributed by atoms with Gasteiger partial charge in [0.25, 0.3) is 0 Å². The highest BCUT2D eigenvalue weighted by atomic mass is 35.5. The number of aromatic nitrogens is 1. The number of carbonyl (C=O) groups is 1. The Hall–Kier alpha value is -3.06. The first kappa shape index (κ1) is 19.7. The molecule has 0 fully saturated rings. The smallest absolute Gasteiger partial charge is 0.416 e. The molecule has 0 spiro atoms. The maximum atomic E-state index is 12.7. The lowest BCUT2D eigenvalue weighted by molar-refractivity contribution is -0.137. The minimum atomic E-state index is -4.41. The summed E-state index contributed by atoms with van der Waals surface area (Å²) in [7, 11) is 1.27. The first-order valence-corrected chi connectivity index (χ1v) is 8.44. The molecular formula is C20H14ClF3N2O2. The molecule has 0 saturated heterocycles. The fourth-order valence-electron chi connectivity index (χ4n) is 2.56. The van der Waals surface area contributed by atoms with Crippen LogP contribution in [-0.4, -0.2) is 18.1 Å². The van der Waals surface area contributed by atoms with Crippen LogP contribution >= 0.6 is 11.6 Å². The molecule has 0 aliphatic rings. The van der Waals surface area contributed by atoms with Gasteiger partial charge in [0.05, 0.1) is 23.9 Å². The summed E-state index contributed by atoms with van der Waals surface area (Å²) in [4.78, 5) is 16.1. The SMILES string of the molecule is COC(=O)c1ccc(Nc2ccc(C(F)(F)F)cc2)c(-c2cc(Cl)ccn2)c1. The number of halogens is 4. The van der Waals surface area contributed by atoms with Gasteiger partial charge >= 0.3 is 12.1 Å². The summed E-state index contributed by atoms with van der Waals surface area (Å²) < 4.78 is 43.0. The third kappa shape index (κ3) is 4.43. The van der Waals surface area contributed by atoms with E-state index in [0.717, 1.165) is 12.1 Å². The number of nitrogens with one attached hydrogen (secondary N) is 1. The lowest BCUT2D eigenvalue weighted by atomic mass is 10.0. The molecule has 8 heteroatoms. The highest BCUT2D eigenvalue weighted by Gasteiger charge is 2.30. The molecule has 2 aromatic carbocycles. The summed E-state index contributed by atoms with van der Waals surface area (Å²) in [5.41, 5.74) is 1.59. The van der Waals surface area contributed by atoms with Crippen molar-refractivity contribution in [1.29, 1.82) is 0 Å². The normalized spacial score (nSPS) is 11.2. The molecule has 0 saturated carbocycles. The Morgan fingerprint density at radius 2 is 1.79 bits per heavy atom. The van der Waals surface area contributed by atoms with Crippen molar-refractivity contribution in [3.8, 4) is 11.3 Å². The van der Waals surface area contributed by atoms with Crippen LogP contribution < -0.4 is 5.32 Å². The van der Waals surface area contributed by atoms with Crippen molar-refractivity contribution < 1.29 is 22.7 Å². The van der Waals surface area contributed by atoms with Gasteiger partial charge in [0, 0.05) is 28.2 Å². The number of hydrogen-bond acceptors (Lipinski definition) is 4. The molecule has 0 radical (unpaired) electrons. The number of pyridine rings is 1. The maximum Gasteiger partial charge on any atom is 0.416 e. The van der Waals surface area contributed by atoms with Gasteiger partial charge in [-0.1, -0.05) is 11.6 Å². The standard InChI is InChI=1S/C20H14ClF3N2O2/c1-28-19(27)12-2-7-17(16(10-12)18-11-14(21)8-9-25-18)26-15-5-3-13(4-6-15)20(22,23)24/h2-11,26H,1H3. The van der Waals surface area contributed by atoms with Crippen LogP contribution in [0.25, 0.3) is 11.3 Å². The fraction of sp³-hybridized carbons (Fsp3) is 0.100. The summed E-state index contributed by atoms with van der Waals surface area (Å²) in [6.45, 7) is 0. The first-order valence-electron chi connectivity index (χ1n) is 8.06. The first-order chi connectivity index (χ1) is 13.3. The van der Waals surface area contributed by atoms with Crippen molar-refractivity contribution in [1.82, 2.24) is 4.98 Å². The molecule has 0 amide bonds. The molecular weight excluding hydrogens is 393 g/mol. The van der Waals surface area contributed by atoms with E-state index in [0.29, 0.717) is 33.2 Å². The summed E-state index contributed by atoms with van der Waals surface area (Å²) in [5, 5.41) is 3.50. The Balaban J connectivity index is 2.01. The number of nitrogens with zero attached hydrogens (tertiary/aromatic N) is 1. The Morgan fingerprint density at radius 1 is 1.07 bits per heavy atom. The quantitative estimate of drug-likeness (QED) is 0.544. The van der Waals surface area contributed by atoms with Crippen molar-refractivity contribution >= 4 is 28.9 Å². The van der Waals surface area contributed by atoms with E-state index in [4.69, 9.17) is 16.3 Å². The predicted octanol–water partition coefficient (Wildman–Crippen LogP) is 5.95. The van der Waals surface area contributed by atoms with Gasteiger partial charge in [-0.25, -0.2) is 4.79 Å². The third-order valence-electron chi connectivity index (χ3n) is 3.93. The lowest BCUT2D eigenvalue weighted by Crippen LogP contribution is -2.05. The van der Waals surface area contributed by atoms with E-state index in [-0.39, 0.29) is 0 Å². The number of alkyl halides is 3. The second-order valence-electron chi connectivity index (χ2n) is 5.81. The minimum absolute atomic E-state index is 0.303. The molecule has 28 heavy (non-hydrogen) atoms. The second kappa shape index (κ2) is 7.90. The predicted molar refractivity (Wildman–Crippen MR) is 101 cm³/mol. The van der Waals surface area contributed by atoms with Gasteiger partial charge in [0.1, 0.15) is 0 Å². The van der Waals surface area contributed by atoms with Gasteiger partial charge in [0.15, 0.2) is 0 Å². The van der Waals surface area contributed by atoms with E-state index in [9.17, 15) is 18.0 Å². The molecule has 0 aliphatic heterocycles. The molecule has 4 nitrogen and oxygen atoms in total. The molecule has 1 aromatic heterocycles. The van der Waals surface area contributed by atoms with E-state index < -0.39 is 17.7 Å². The number of hydrogen-bond donors (Lipinski definition) is 1. The summed E-state index contributed by atoms with van der Waals surface area (Å²) in [5.74, 6) is -0.524. The van der Waals surface area contributed by atoms with Crippen molar-refractivity contribution in [3.63, 3.8) is 0 Å². The summed E-state index contributed by atoms with van der Waals surface area (Å²) in [6.07, 6.45) is -2.89. The number of esters is 1. The Morgan fingerprint density at radius 3 is 2.39 bits per heavy atom. The Kier molecular flexibility index (Phi) is 5.56. The number of rotatable bonds is 4. The lowest BCUT2D eigenvalue weighted by Gasteiger charge is -2.14. The largest absolute Gasteiger partial charge is 0.465 e. The van der Waals surface area contributed by atoms with Crippen molar-refractivity contribution in [3.05, 3.63) is 76.9 Å². The van der Waals surface area contributed by atoms with Crippen LogP contribution in [0, 0.1) is 0 Å². The van der Waals surface area contributed by atoms with Crippen LogP contribution in [0.1, 0.15) is 15.9 Å². The van der Waals surface area contributed by atoms with Crippen LogP contribution in [0.3, 0.4) is 0 Å². The van der Waals surface area contributed by atoms with Crippen LogP contribution in [0.2, 0.25) is 5.02 Å². The van der Waals surface area contributed by atoms with Gasteiger partial charge < -0.3 is 10.1 Å². The molecule has 3 rings (SSSR count). The molecule has 1 N–H and O–H groups in total. The number of anilines is 2. The molecule has 0 aliphatic carbocycles. The topological polar surface area (TPSA) is 51.2 Å². The number of benzene rings is 2. The van der Waals surface area contributed by atoms with Crippen molar-refractivity contribution in [2.24, 2.45) is 0 Å². The van der Waals surface area contributed by atoms with Crippen LogP contribution in [0.15, 0.2) is 60.8 Å². The van der Waals surface area contributed by atoms with E-state index in [1.165, 1.54) is 25.4 Å². The maximum absolute atomic E-state index is 12.7. The van der Waals surface area contributed by atoms with E-state index in [1.807, 2.05) is 0 Å². The van der Waals surface area contributed by atoms with Crippen LogP contribution in [0.4, 0.5) is 24.5 Å². The van der Waals surface area contributed by atoms with Gasteiger partial charge in [-0.3, -0.25) is 4.98 Å². The number of ether oxygens (including phenoxy) is 1. The highest BCUT2D eigenvalue weighted by molar-refractivity contribution is 6.30.